The SMILES string of the molecule is COC(=O)C(Cc1csc(-c2ccccc2)n1)NC(CC(C)C)C(=O)O. The highest BCUT2D eigenvalue weighted by atomic mass is 32.1. The number of carboxylic acid groups (broad SMARTS) is 1. The Kier molecular flexibility index (Phi) is 7.29. The lowest BCUT2D eigenvalue weighted by Crippen LogP contribution is -2.49. The summed E-state index contributed by atoms with van der Waals surface area (Å²) in [4.78, 5) is 28.2. The molecule has 0 amide bonds. The standard InChI is InChI=1S/C19H24N2O4S/c1-12(2)9-15(18(22)23)21-16(19(24)25-3)10-14-11-26-17(20-14)13-7-5-4-6-8-13/h4-8,11-12,15-16,21H,9-10H2,1-3H3,(H,22,23). The molecule has 0 fully saturated rings. The Morgan fingerprint density at radius 3 is 2.50 bits per heavy atom. The molecule has 2 aromatic rings. The van der Waals surface area contributed by atoms with Crippen LogP contribution in [-0.4, -0.2) is 41.2 Å². The van der Waals surface area contributed by atoms with E-state index in [1.54, 1.807) is 0 Å². The first-order valence-corrected chi connectivity index (χ1v) is 9.35. The first kappa shape index (κ1) is 20.1. The summed E-state index contributed by atoms with van der Waals surface area (Å²) in [7, 11) is 1.30. The fourth-order valence-corrected chi connectivity index (χ4v) is 3.47. The number of aliphatic carboxylic acids is 1. The third-order valence-electron chi connectivity index (χ3n) is 3.88. The molecule has 140 valence electrons. The van der Waals surface area contributed by atoms with Crippen LogP contribution in [0.15, 0.2) is 35.7 Å². The smallest absolute Gasteiger partial charge is 0.323 e. The van der Waals surface area contributed by atoms with Crippen LogP contribution < -0.4 is 5.32 Å². The largest absolute Gasteiger partial charge is 0.480 e. The van der Waals surface area contributed by atoms with E-state index >= 15 is 0 Å². The lowest BCUT2D eigenvalue weighted by atomic mass is 10.0. The predicted molar refractivity (Wildman–Crippen MR) is 101 cm³/mol. The summed E-state index contributed by atoms with van der Waals surface area (Å²) in [5.41, 5.74) is 1.74. The minimum absolute atomic E-state index is 0.186. The van der Waals surface area contributed by atoms with Gasteiger partial charge >= 0.3 is 11.9 Å². The fraction of sp³-hybridized carbons (Fsp3) is 0.421. The van der Waals surface area contributed by atoms with Crippen molar-refractivity contribution in [1.29, 1.82) is 0 Å². The normalized spacial score (nSPS) is 13.4. The fourth-order valence-electron chi connectivity index (χ4n) is 2.63. The minimum Gasteiger partial charge on any atom is -0.480 e. The Morgan fingerprint density at radius 1 is 1.23 bits per heavy atom. The zero-order chi connectivity index (χ0) is 19.1. The number of thiazole rings is 1. The molecule has 2 unspecified atom stereocenters. The molecular weight excluding hydrogens is 352 g/mol. The Morgan fingerprint density at radius 2 is 1.92 bits per heavy atom. The number of ether oxygens (including phenoxy) is 1. The van der Waals surface area contributed by atoms with Gasteiger partial charge in [0.05, 0.1) is 12.8 Å². The molecule has 0 spiro atoms. The van der Waals surface area contributed by atoms with Crippen LogP contribution in [0.2, 0.25) is 0 Å². The summed E-state index contributed by atoms with van der Waals surface area (Å²) in [6.07, 6.45) is 0.701. The van der Waals surface area contributed by atoms with Gasteiger partial charge in [-0.2, -0.15) is 0 Å². The molecule has 7 heteroatoms. The first-order valence-electron chi connectivity index (χ1n) is 8.47. The maximum atomic E-state index is 12.1. The Labute approximate surface area is 157 Å². The molecule has 0 saturated carbocycles. The molecule has 1 heterocycles. The van der Waals surface area contributed by atoms with Crippen LogP contribution in [0.25, 0.3) is 10.6 Å². The van der Waals surface area contributed by atoms with Crippen molar-refractivity contribution in [3.8, 4) is 10.6 Å². The molecule has 2 atom stereocenters. The minimum atomic E-state index is -0.976. The average Bonchev–Trinajstić information content (AvgIpc) is 3.08. The van der Waals surface area contributed by atoms with Crippen LogP contribution in [0.4, 0.5) is 0 Å². The van der Waals surface area contributed by atoms with Crippen molar-refractivity contribution in [3.05, 3.63) is 41.4 Å². The maximum Gasteiger partial charge on any atom is 0.323 e. The van der Waals surface area contributed by atoms with E-state index in [0.717, 1.165) is 16.3 Å². The van der Waals surface area contributed by atoms with Crippen LogP contribution in [0.3, 0.4) is 0 Å². The van der Waals surface area contributed by atoms with Crippen molar-refractivity contribution >= 4 is 23.3 Å². The Hall–Kier alpha value is -2.25. The number of nitrogens with one attached hydrogen (secondary N) is 1. The molecule has 26 heavy (non-hydrogen) atoms. The number of carbonyl (C=O) groups excluding carboxylic acids is 1. The van der Waals surface area contributed by atoms with Crippen molar-refractivity contribution in [2.45, 2.75) is 38.8 Å². The Bertz CT molecular complexity index is 730. The topological polar surface area (TPSA) is 88.5 Å². The molecule has 0 radical (unpaired) electrons. The first-order chi connectivity index (χ1) is 12.4. The number of hydrogen-bond donors (Lipinski definition) is 2. The van der Waals surface area contributed by atoms with Crippen LogP contribution in [0, 0.1) is 5.92 Å². The summed E-state index contributed by atoms with van der Waals surface area (Å²) < 4.78 is 4.84. The molecule has 0 aliphatic carbocycles. The number of benzene rings is 1. The van der Waals surface area contributed by atoms with Gasteiger partial charge in [-0.1, -0.05) is 44.2 Å². The number of aromatic nitrogens is 1. The van der Waals surface area contributed by atoms with Crippen LogP contribution in [0.1, 0.15) is 26.0 Å². The number of carbonyl (C=O) groups is 2. The van der Waals surface area contributed by atoms with Crippen molar-refractivity contribution in [2.24, 2.45) is 5.92 Å². The molecule has 0 aliphatic heterocycles. The van der Waals surface area contributed by atoms with Crippen LogP contribution >= 0.6 is 11.3 Å². The van der Waals surface area contributed by atoms with Gasteiger partial charge in [0, 0.05) is 17.4 Å². The van der Waals surface area contributed by atoms with E-state index in [1.807, 2.05) is 49.6 Å². The van der Waals surface area contributed by atoms with Gasteiger partial charge < -0.3 is 9.84 Å². The number of methoxy groups -OCH3 is 1. The molecular formula is C19H24N2O4S. The number of nitrogens with zero attached hydrogens (tertiary/aromatic N) is 1. The van der Waals surface area contributed by atoms with Crippen molar-refractivity contribution in [1.82, 2.24) is 10.3 Å². The molecule has 1 aromatic carbocycles. The maximum absolute atomic E-state index is 12.1. The van der Waals surface area contributed by atoms with E-state index in [9.17, 15) is 14.7 Å². The van der Waals surface area contributed by atoms with Crippen LogP contribution in [0.5, 0.6) is 0 Å². The third-order valence-corrected chi connectivity index (χ3v) is 4.82. The van der Waals surface area contributed by atoms with E-state index in [1.165, 1.54) is 18.4 Å². The average molecular weight is 376 g/mol. The number of carboxylic acids is 1. The summed E-state index contributed by atoms with van der Waals surface area (Å²) in [5, 5.41) is 15.1. The zero-order valence-electron chi connectivity index (χ0n) is 15.1. The number of esters is 1. The van der Waals surface area contributed by atoms with Crippen molar-refractivity contribution < 1.29 is 19.4 Å². The number of hydrogen-bond acceptors (Lipinski definition) is 6. The van der Waals surface area contributed by atoms with E-state index < -0.39 is 24.0 Å². The van der Waals surface area contributed by atoms with Gasteiger partial charge in [0.2, 0.25) is 0 Å². The van der Waals surface area contributed by atoms with Crippen molar-refractivity contribution in [3.63, 3.8) is 0 Å². The van der Waals surface area contributed by atoms with Gasteiger partial charge in [-0.25, -0.2) is 4.98 Å². The van der Waals surface area contributed by atoms with E-state index in [-0.39, 0.29) is 12.3 Å². The highest BCUT2D eigenvalue weighted by Gasteiger charge is 2.28. The molecule has 2 rings (SSSR count). The van der Waals surface area contributed by atoms with E-state index in [0.29, 0.717) is 6.42 Å². The van der Waals surface area contributed by atoms with Gasteiger partial charge in [0.25, 0.3) is 0 Å². The lowest BCUT2D eigenvalue weighted by molar-refractivity contribution is -0.145. The second kappa shape index (κ2) is 9.45. The second-order valence-corrected chi connectivity index (χ2v) is 7.34. The molecule has 0 bridgehead atoms. The summed E-state index contributed by atoms with van der Waals surface area (Å²) in [5.74, 6) is -1.28. The summed E-state index contributed by atoms with van der Waals surface area (Å²) in [6, 6.07) is 8.20. The van der Waals surface area contributed by atoms with Gasteiger partial charge in [0.1, 0.15) is 17.1 Å². The van der Waals surface area contributed by atoms with E-state index in [4.69, 9.17) is 4.74 Å². The predicted octanol–water partition coefficient (Wildman–Crippen LogP) is 2.98. The van der Waals surface area contributed by atoms with Crippen molar-refractivity contribution in [2.75, 3.05) is 7.11 Å². The molecule has 0 aliphatic rings. The number of rotatable bonds is 9. The van der Waals surface area contributed by atoms with E-state index in [2.05, 4.69) is 10.3 Å². The van der Waals surface area contributed by atoms with Gasteiger partial charge in [0.15, 0.2) is 0 Å². The summed E-state index contributed by atoms with van der Waals surface area (Å²) >= 11 is 1.49. The second-order valence-electron chi connectivity index (χ2n) is 6.48. The molecule has 6 nitrogen and oxygen atoms in total. The van der Waals surface area contributed by atoms with Gasteiger partial charge in [-0.15, -0.1) is 11.3 Å². The van der Waals surface area contributed by atoms with Gasteiger partial charge in [-0.3, -0.25) is 14.9 Å². The molecule has 0 saturated heterocycles. The Balaban J connectivity index is 2.14. The van der Waals surface area contributed by atoms with Crippen LogP contribution in [-0.2, 0) is 20.7 Å². The highest BCUT2D eigenvalue weighted by Crippen LogP contribution is 2.24. The lowest BCUT2D eigenvalue weighted by Gasteiger charge is -2.22. The monoisotopic (exact) mass is 376 g/mol. The van der Waals surface area contributed by atoms with Gasteiger partial charge in [-0.05, 0) is 12.3 Å². The molecule has 2 N–H and O–H groups in total. The third kappa shape index (κ3) is 5.64. The quantitative estimate of drug-likeness (QED) is 0.654. The zero-order valence-corrected chi connectivity index (χ0v) is 16.0. The summed E-state index contributed by atoms with van der Waals surface area (Å²) in [6.45, 7) is 3.88. The highest BCUT2D eigenvalue weighted by molar-refractivity contribution is 7.13. The molecule has 1 aromatic heterocycles.